The summed E-state index contributed by atoms with van der Waals surface area (Å²) in [5.41, 5.74) is 1.75. The van der Waals surface area contributed by atoms with Gasteiger partial charge in [0.05, 0.1) is 18.7 Å². The maximum atomic E-state index is 12.8. The number of nitrogens with zero attached hydrogens (tertiary/aromatic N) is 2. The highest BCUT2D eigenvalue weighted by Crippen LogP contribution is 2.48. The Bertz CT molecular complexity index is 726. The van der Waals surface area contributed by atoms with E-state index in [2.05, 4.69) is 5.16 Å². The smallest absolute Gasteiger partial charge is 0.308 e. The Kier molecular flexibility index (Phi) is 6.93. The minimum Gasteiger partial charge on any atom is -0.466 e. The van der Waals surface area contributed by atoms with E-state index in [0.29, 0.717) is 23.5 Å². The predicted molar refractivity (Wildman–Crippen MR) is 111 cm³/mol. The summed E-state index contributed by atoms with van der Waals surface area (Å²) in [5, 5.41) is 11.6. The lowest BCUT2D eigenvalue weighted by Crippen LogP contribution is -2.45. The van der Waals surface area contributed by atoms with E-state index < -0.39 is 0 Å². The summed E-state index contributed by atoms with van der Waals surface area (Å²) in [4.78, 5) is 26.8. The molecule has 2 fully saturated rings. The second-order valence-corrected chi connectivity index (χ2v) is 8.54. The zero-order valence-electron chi connectivity index (χ0n) is 17.5. The molecule has 0 aromatic heterocycles. The number of hydrogen-bond acceptors (Lipinski definition) is 5. The van der Waals surface area contributed by atoms with Crippen LogP contribution in [-0.4, -0.2) is 47.9 Å². The number of benzene rings is 1. The number of rotatable bonds is 5. The van der Waals surface area contributed by atoms with Crippen molar-refractivity contribution in [3.05, 3.63) is 35.4 Å². The molecule has 6 nitrogen and oxygen atoms in total. The van der Waals surface area contributed by atoms with Crippen molar-refractivity contribution < 1.29 is 19.5 Å². The van der Waals surface area contributed by atoms with Crippen molar-refractivity contribution >= 4 is 18.1 Å². The molecule has 1 amide bonds. The van der Waals surface area contributed by atoms with Crippen molar-refractivity contribution in [3.8, 4) is 0 Å². The van der Waals surface area contributed by atoms with E-state index in [1.807, 2.05) is 18.7 Å². The average Bonchev–Trinajstić information content (AvgIpc) is 2.75. The lowest BCUT2D eigenvalue weighted by Gasteiger charge is -2.46. The van der Waals surface area contributed by atoms with Crippen LogP contribution in [0.3, 0.4) is 0 Å². The molecule has 3 rings (SSSR count). The molecule has 1 saturated carbocycles. The quantitative estimate of drug-likeness (QED) is 0.349. The molecule has 1 aliphatic carbocycles. The van der Waals surface area contributed by atoms with Gasteiger partial charge in [0.1, 0.15) is 0 Å². The standard InChI is InChI=1S/C23H32N2O4/c1-3-29-22(27)17(2)19-8-10-23(11-9-19)12-14-25(15-13-23)21(26)20-6-4-18(5-7-20)16-24-28/h4-7,16-17,19,28H,3,8-15H2,1-2H3. The number of likely N-dealkylation sites (tertiary alicyclic amines) is 1. The van der Waals surface area contributed by atoms with Crippen LogP contribution in [0.2, 0.25) is 0 Å². The molecule has 1 spiro atoms. The van der Waals surface area contributed by atoms with Gasteiger partial charge in [-0.3, -0.25) is 9.59 Å². The van der Waals surface area contributed by atoms with E-state index in [-0.39, 0.29) is 17.8 Å². The zero-order valence-corrected chi connectivity index (χ0v) is 17.5. The largest absolute Gasteiger partial charge is 0.466 e. The van der Waals surface area contributed by atoms with Crippen LogP contribution in [-0.2, 0) is 9.53 Å². The van der Waals surface area contributed by atoms with Gasteiger partial charge in [-0.15, -0.1) is 0 Å². The number of oxime groups is 1. The summed E-state index contributed by atoms with van der Waals surface area (Å²) in [5.74, 6) is 0.398. The third kappa shape index (κ3) is 4.98. The number of hydrogen-bond donors (Lipinski definition) is 1. The lowest BCUT2D eigenvalue weighted by atomic mass is 9.63. The first-order valence-electron chi connectivity index (χ1n) is 10.7. The molecule has 1 N–H and O–H groups in total. The summed E-state index contributed by atoms with van der Waals surface area (Å²) in [6.45, 7) is 5.88. The van der Waals surface area contributed by atoms with E-state index in [0.717, 1.165) is 57.2 Å². The maximum absolute atomic E-state index is 12.8. The Morgan fingerprint density at radius 1 is 1.21 bits per heavy atom. The Morgan fingerprint density at radius 2 is 1.83 bits per heavy atom. The molecule has 1 aromatic carbocycles. The van der Waals surface area contributed by atoms with E-state index in [1.54, 1.807) is 24.3 Å². The molecule has 1 aromatic rings. The van der Waals surface area contributed by atoms with Gasteiger partial charge in [0.25, 0.3) is 5.91 Å². The van der Waals surface area contributed by atoms with Gasteiger partial charge >= 0.3 is 5.97 Å². The first-order valence-corrected chi connectivity index (χ1v) is 10.7. The van der Waals surface area contributed by atoms with Crippen molar-refractivity contribution in [2.24, 2.45) is 22.4 Å². The van der Waals surface area contributed by atoms with Gasteiger partial charge < -0.3 is 14.8 Å². The fourth-order valence-corrected chi connectivity index (χ4v) is 4.86. The molecule has 1 aliphatic heterocycles. The van der Waals surface area contributed by atoms with E-state index in [4.69, 9.17) is 9.94 Å². The Labute approximate surface area is 172 Å². The minimum atomic E-state index is -0.0647. The molecular formula is C23H32N2O4. The topological polar surface area (TPSA) is 79.2 Å². The molecule has 1 unspecified atom stereocenters. The van der Waals surface area contributed by atoms with Gasteiger partial charge in [-0.1, -0.05) is 24.2 Å². The summed E-state index contributed by atoms with van der Waals surface area (Å²) < 4.78 is 5.19. The Hall–Kier alpha value is -2.37. The Morgan fingerprint density at radius 3 is 2.38 bits per heavy atom. The second kappa shape index (κ2) is 9.42. The van der Waals surface area contributed by atoms with Crippen molar-refractivity contribution in [1.29, 1.82) is 0 Å². The monoisotopic (exact) mass is 400 g/mol. The van der Waals surface area contributed by atoms with Gasteiger partial charge in [0, 0.05) is 18.7 Å². The summed E-state index contributed by atoms with van der Waals surface area (Å²) in [7, 11) is 0. The van der Waals surface area contributed by atoms with Crippen LogP contribution in [0, 0.1) is 17.3 Å². The molecule has 1 heterocycles. The summed E-state index contributed by atoms with van der Waals surface area (Å²) >= 11 is 0. The van der Waals surface area contributed by atoms with Crippen LogP contribution in [0.15, 0.2) is 29.4 Å². The highest BCUT2D eigenvalue weighted by Gasteiger charge is 2.41. The zero-order chi connectivity index (χ0) is 20.9. The van der Waals surface area contributed by atoms with E-state index >= 15 is 0 Å². The highest BCUT2D eigenvalue weighted by atomic mass is 16.5. The van der Waals surface area contributed by atoms with Crippen LogP contribution in [0.5, 0.6) is 0 Å². The van der Waals surface area contributed by atoms with Crippen LogP contribution in [0.1, 0.15) is 68.3 Å². The van der Waals surface area contributed by atoms with Crippen molar-refractivity contribution in [1.82, 2.24) is 4.90 Å². The van der Waals surface area contributed by atoms with Gasteiger partial charge in [-0.25, -0.2) is 0 Å². The van der Waals surface area contributed by atoms with E-state index in [9.17, 15) is 9.59 Å². The fraction of sp³-hybridized carbons (Fsp3) is 0.609. The van der Waals surface area contributed by atoms with Crippen LogP contribution >= 0.6 is 0 Å². The predicted octanol–water partition coefficient (Wildman–Crippen LogP) is 4.11. The van der Waals surface area contributed by atoms with Crippen LogP contribution in [0.4, 0.5) is 0 Å². The number of ether oxygens (including phenoxy) is 1. The SMILES string of the molecule is CCOC(=O)C(C)C1CCC2(CC1)CCN(C(=O)c1ccc(C=NO)cc1)CC2. The van der Waals surface area contributed by atoms with Crippen molar-refractivity contribution in [2.45, 2.75) is 52.4 Å². The van der Waals surface area contributed by atoms with E-state index in [1.165, 1.54) is 6.21 Å². The highest BCUT2D eigenvalue weighted by molar-refractivity contribution is 5.95. The van der Waals surface area contributed by atoms with Gasteiger partial charge in [-0.2, -0.15) is 0 Å². The molecular weight excluding hydrogens is 368 g/mol. The molecule has 0 bridgehead atoms. The minimum absolute atomic E-state index is 0.0205. The fourth-order valence-electron chi connectivity index (χ4n) is 4.86. The normalized spacial score (nSPS) is 20.7. The van der Waals surface area contributed by atoms with Crippen molar-refractivity contribution in [3.63, 3.8) is 0 Å². The third-order valence-corrected chi connectivity index (χ3v) is 6.93. The molecule has 158 valence electrons. The summed E-state index contributed by atoms with van der Waals surface area (Å²) in [6.07, 6.45) is 7.84. The van der Waals surface area contributed by atoms with Gasteiger partial charge in [0.2, 0.25) is 0 Å². The molecule has 2 aliphatic rings. The number of amides is 1. The second-order valence-electron chi connectivity index (χ2n) is 8.54. The molecule has 6 heteroatoms. The summed E-state index contributed by atoms with van der Waals surface area (Å²) in [6, 6.07) is 7.13. The number of esters is 1. The maximum Gasteiger partial charge on any atom is 0.308 e. The lowest BCUT2D eigenvalue weighted by molar-refractivity contribution is -0.150. The van der Waals surface area contributed by atoms with Crippen LogP contribution < -0.4 is 0 Å². The van der Waals surface area contributed by atoms with Gasteiger partial charge in [0.15, 0.2) is 0 Å². The molecule has 1 saturated heterocycles. The Balaban J connectivity index is 1.51. The number of carbonyl (C=O) groups is 2. The number of piperidine rings is 1. The van der Waals surface area contributed by atoms with Crippen LogP contribution in [0.25, 0.3) is 0 Å². The first kappa shape index (κ1) is 21.3. The molecule has 0 radical (unpaired) electrons. The van der Waals surface area contributed by atoms with Crippen molar-refractivity contribution in [2.75, 3.05) is 19.7 Å². The number of carbonyl (C=O) groups excluding carboxylic acids is 2. The average molecular weight is 401 g/mol. The molecule has 1 atom stereocenters. The third-order valence-electron chi connectivity index (χ3n) is 6.93. The van der Waals surface area contributed by atoms with Gasteiger partial charge in [-0.05, 0) is 74.5 Å². The first-order chi connectivity index (χ1) is 14.0. The molecule has 29 heavy (non-hydrogen) atoms.